The average molecular weight is 716 g/mol. The molecule has 2 aliphatic heterocycles. The summed E-state index contributed by atoms with van der Waals surface area (Å²) in [5.74, 6) is 3.29. The van der Waals surface area contributed by atoms with Gasteiger partial charge < -0.3 is 19.6 Å². The van der Waals surface area contributed by atoms with Crippen LogP contribution in [0.5, 0.6) is 0 Å². The Morgan fingerprint density at radius 2 is 1.08 bits per heavy atom. The van der Waals surface area contributed by atoms with Gasteiger partial charge in [0.05, 0.1) is 0 Å². The maximum absolute atomic E-state index is 11.0. The van der Waals surface area contributed by atoms with E-state index < -0.39 is 0 Å². The summed E-state index contributed by atoms with van der Waals surface area (Å²) < 4.78 is 5.05. The number of carbonyl (C=O) groups excluding carboxylic acids is 1. The van der Waals surface area contributed by atoms with Gasteiger partial charge in [-0.15, -0.1) is 0 Å². The molecule has 7 rings (SSSR count). The lowest BCUT2D eigenvalue weighted by atomic mass is 10.1. The fourth-order valence-electron chi connectivity index (χ4n) is 6.69. The number of nitrogens with one attached hydrogen (secondary N) is 1. The van der Waals surface area contributed by atoms with Crippen LogP contribution in [-0.2, 0) is 11.3 Å². The molecule has 2 fully saturated rings. The van der Waals surface area contributed by atoms with E-state index in [4.69, 9.17) is 9.51 Å². The van der Waals surface area contributed by atoms with Crippen molar-refractivity contribution in [1.82, 2.24) is 35.2 Å². The van der Waals surface area contributed by atoms with Crippen molar-refractivity contribution in [2.75, 3.05) is 62.2 Å². The molecule has 0 unspecified atom stereocenters. The summed E-state index contributed by atoms with van der Waals surface area (Å²) in [4.78, 5) is 34.4. The van der Waals surface area contributed by atoms with Gasteiger partial charge in [-0.2, -0.15) is 4.98 Å². The zero-order chi connectivity index (χ0) is 37.3. The van der Waals surface area contributed by atoms with Gasteiger partial charge in [-0.05, 0) is 68.7 Å². The number of pyridine rings is 2. The fraction of sp³-hybridized carbons (Fsp3) is 0.405. The van der Waals surface area contributed by atoms with Gasteiger partial charge in [0.1, 0.15) is 11.6 Å². The van der Waals surface area contributed by atoms with Crippen molar-refractivity contribution < 1.29 is 9.32 Å². The van der Waals surface area contributed by atoms with Gasteiger partial charge in [0.15, 0.2) is 0 Å². The second-order valence-corrected chi connectivity index (χ2v) is 14.4. The molecule has 2 aromatic carbocycles. The van der Waals surface area contributed by atoms with Gasteiger partial charge in [0.25, 0.3) is 0 Å². The predicted molar refractivity (Wildman–Crippen MR) is 213 cm³/mol. The molecule has 1 amide bonds. The lowest BCUT2D eigenvalue weighted by Gasteiger charge is -2.37. The fourth-order valence-corrected chi connectivity index (χ4v) is 6.69. The molecule has 0 bridgehead atoms. The van der Waals surface area contributed by atoms with E-state index in [0.29, 0.717) is 30.3 Å². The van der Waals surface area contributed by atoms with Crippen LogP contribution in [0.1, 0.15) is 46.1 Å². The number of benzene rings is 2. The quantitative estimate of drug-likeness (QED) is 0.181. The van der Waals surface area contributed by atoms with Crippen molar-refractivity contribution in [1.29, 1.82) is 0 Å². The molecule has 1 N–H and O–H groups in total. The third kappa shape index (κ3) is 10.1. The van der Waals surface area contributed by atoms with Crippen molar-refractivity contribution >= 4 is 17.5 Å². The maximum atomic E-state index is 11.0. The van der Waals surface area contributed by atoms with Crippen molar-refractivity contribution in [3.05, 3.63) is 96.6 Å². The summed E-state index contributed by atoms with van der Waals surface area (Å²) in [6.45, 7) is 21.4. The highest BCUT2D eigenvalue weighted by molar-refractivity contribution is 5.73. The molecule has 5 heterocycles. The zero-order valence-corrected chi connectivity index (χ0v) is 32.0. The Bertz CT molecular complexity index is 1870. The summed E-state index contributed by atoms with van der Waals surface area (Å²) in [7, 11) is 0. The van der Waals surface area contributed by atoms with E-state index in [1.165, 1.54) is 6.92 Å². The second-order valence-electron chi connectivity index (χ2n) is 14.4. The molecule has 11 nitrogen and oxygen atoms in total. The summed E-state index contributed by atoms with van der Waals surface area (Å²) >= 11 is 0. The minimum atomic E-state index is -0.0110. The summed E-state index contributed by atoms with van der Waals surface area (Å²) in [6, 6.07) is 26.2. The van der Waals surface area contributed by atoms with Crippen LogP contribution >= 0.6 is 0 Å². The Labute approximate surface area is 314 Å². The number of nitrogens with zero attached hydrogens (tertiary/aromatic N) is 8. The third-order valence-corrected chi connectivity index (χ3v) is 10.1. The predicted octanol–water partition coefficient (Wildman–Crippen LogP) is 6.55. The Morgan fingerprint density at radius 3 is 1.45 bits per heavy atom. The number of aromatic nitrogens is 4. The van der Waals surface area contributed by atoms with E-state index in [9.17, 15) is 4.79 Å². The number of aryl methyl sites for hydroxylation is 1. The molecule has 0 radical (unpaired) electrons. The zero-order valence-electron chi connectivity index (χ0n) is 32.0. The highest BCUT2D eigenvalue weighted by Crippen LogP contribution is 2.26. The molecular formula is C42H53N9O2. The molecule has 2 aliphatic rings. The van der Waals surface area contributed by atoms with Crippen LogP contribution in [0.15, 0.2) is 89.7 Å². The standard InChI is InChI=1S/C21H25N5O.C21H28N4O/c1-15(2)25-10-12-26(13-11-25)20-9-8-19(14-22-20)17-4-6-18(7-5-17)21-23-16(3)27-24-21;1-16(2)24-10-12-25(13-11-24)21-9-8-20(15-23-21)19-6-4-18(5-7-19)14-22-17(3)26/h4-9,14-15H,10-13H2,1-3H3;4-9,15-16H,10-14H2,1-3H3,(H,22,26). The minimum absolute atomic E-state index is 0.0110. The third-order valence-electron chi connectivity index (χ3n) is 10.1. The molecule has 278 valence electrons. The lowest BCUT2D eigenvalue weighted by molar-refractivity contribution is -0.119. The van der Waals surface area contributed by atoms with Gasteiger partial charge in [-0.25, -0.2) is 9.97 Å². The number of rotatable bonds is 9. The van der Waals surface area contributed by atoms with Gasteiger partial charge in [0, 0.05) is 114 Å². The number of amides is 1. The van der Waals surface area contributed by atoms with Crippen LogP contribution in [-0.4, -0.2) is 100 Å². The first-order valence-corrected chi connectivity index (χ1v) is 18.8. The Kier molecular flexibility index (Phi) is 12.5. The summed E-state index contributed by atoms with van der Waals surface area (Å²) in [5, 5.41) is 6.78. The van der Waals surface area contributed by atoms with E-state index in [1.807, 2.05) is 36.7 Å². The first-order chi connectivity index (χ1) is 25.6. The van der Waals surface area contributed by atoms with E-state index in [0.717, 1.165) is 97.4 Å². The van der Waals surface area contributed by atoms with Crippen LogP contribution in [0.3, 0.4) is 0 Å². The minimum Gasteiger partial charge on any atom is -0.354 e. The van der Waals surface area contributed by atoms with Crippen molar-refractivity contribution in [3.63, 3.8) is 0 Å². The normalized spacial score (nSPS) is 15.4. The molecular weight excluding hydrogens is 663 g/mol. The molecule has 11 heteroatoms. The van der Waals surface area contributed by atoms with E-state index in [2.05, 4.69) is 116 Å². The number of piperazine rings is 2. The SMILES string of the molecule is CC(=O)NCc1ccc(-c2ccc(N3CCN(C(C)C)CC3)nc2)cc1.Cc1nc(-c2ccc(-c3ccc(N4CCN(C(C)C)CC4)nc3)cc2)no1. The number of carbonyl (C=O) groups is 1. The van der Waals surface area contributed by atoms with E-state index >= 15 is 0 Å². The molecule has 5 aromatic rings. The molecule has 53 heavy (non-hydrogen) atoms. The maximum Gasteiger partial charge on any atom is 0.223 e. The average Bonchev–Trinajstić information content (AvgIpc) is 3.64. The summed E-state index contributed by atoms with van der Waals surface area (Å²) in [5.41, 5.74) is 6.53. The molecule has 0 spiro atoms. The van der Waals surface area contributed by atoms with E-state index in [1.54, 1.807) is 6.92 Å². The molecule has 0 atom stereocenters. The van der Waals surface area contributed by atoms with Crippen molar-refractivity contribution in [2.24, 2.45) is 0 Å². The number of hydrogen-bond acceptors (Lipinski definition) is 10. The second kappa shape index (κ2) is 17.6. The Balaban J connectivity index is 0.000000182. The first kappa shape index (κ1) is 37.6. The highest BCUT2D eigenvalue weighted by atomic mass is 16.5. The van der Waals surface area contributed by atoms with Crippen LogP contribution in [0, 0.1) is 6.92 Å². The Hall–Kier alpha value is -5.13. The van der Waals surface area contributed by atoms with Gasteiger partial charge in [-0.3, -0.25) is 14.6 Å². The smallest absolute Gasteiger partial charge is 0.223 e. The number of anilines is 2. The number of hydrogen-bond donors (Lipinski definition) is 1. The van der Waals surface area contributed by atoms with Crippen molar-refractivity contribution in [3.8, 4) is 33.6 Å². The van der Waals surface area contributed by atoms with Gasteiger partial charge >= 0.3 is 0 Å². The van der Waals surface area contributed by atoms with Gasteiger partial charge in [-0.1, -0.05) is 53.7 Å². The Morgan fingerprint density at radius 1 is 0.642 bits per heavy atom. The highest BCUT2D eigenvalue weighted by Gasteiger charge is 2.21. The van der Waals surface area contributed by atoms with Crippen LogP contribution < -0.4 is 15.1 Å². The van der Waals surface area contributed by atoms with Crippen LogP contribution in [0.25, 0.3) is 33.6 Å². The van der Waals surface area contributed by atoms with E-state index in [-0.39, 0.29) is 5.91 Å². The van der Waals surface area contributed by atoms with Crippen LogP contribution in [0.2, 0.25) is 0 Å². The topological polar surface area (TPSA) is 107 Å². The first-order valence-electron chi connectivity index (χ1n) is 18.8. The molecule has 3 aromatic heterocycles. The largest absolute Gasteiger partial charge is 0.354 e. The summed E-state index contributed by atoms with van der Waals surface area (Å²) in [6.07, 6.45) is 3.91. The molecule has 0 saturated carbocycles. The van der Waals surface area contributed by atoms with Crippen LogP contribution in [0.4, 0.5) is 11.6 Å². The monoisotopic (exact) mass is 715 g/mol. The lowest BCUT2D eigenvalue weighted by Crippen LogP contribution is -2.49. The van der Waals surface area contributed by atoms with Crippen molar-refractivity contribution in [2.45, 2.75) is 60.2 Å². The molecule has 2 saturated heterocycles. The molecule has 0 aliphatic carbocycles. The van der Waals surface area contributed by atoms with Gasteiger partial charge in [0.2, 0.25) is 17.6 Å².